The van der Waals surface area contributed by atoms with E-state index in [9.17, 15) is 13.6 Å². The van der Waals surface area contributed by atoms with Gasteiger partial charge in [0, 0.05) is 35.6 Å². The van der Waals surface area contributed by atoms with Crippen LogP contribution in [0, 0.1) is 5.82 Å². The second-order valence-corrected chi connectivity index (χ2v) is 7.33. The van der Waals surface area contributed by atoms with Crippen molar-refractivity contribution in [2.24, 2.45) is 0 Å². The van der Waals surface area contributed by atoms with Crippen LogP contribution >= 0.6 is 0 Å². The molecule has 0 aliphatic heterocycles. The van der Waals surface area contributed by atoms with Crippen molar-refractivity contribution in [3.63, 3.8) is 0 Å². The van der Waals surface area contributed by atoms with E-state index < -0.39 is 12.5 Å². The zero-order valence-corrected chi connectivity index (χ0v) is 18.2. The first-order valence-corrected chi connectivity index (χ1v) is 10.6. The van der Waals surface area contributed by atoms with Gasteiger partial charge in [-0.05, 0) is 48.0 Å². The van der Waals surface area contributed by atoms with E-state index >= 15 is 0 Å². The highest BCUT2D eigenvalue weighted by atomic mass is 19.1. The number of alkyl halides is 1. The number of nitrogens with zero attached hydrogens (tertiary/aromatic N) is 2. The summed E-state index contributed by atoms with van der Waals surface area (Å²) in [6.45, 7) is -0.356. The van der Waals surface area contributed by atoms with Crippen LogP contribution in [0.3, 0.4) is 0 Å². The molecule has 0 aliphatic rings. The number of carbonyl (C=O) groups is 1. The Morgan fingerprint density at radius 2 is 1.76 bits per heavy atom. The molecule has 3 aromatic carbocycles. The summed E-state index contributed by atoms with van der Waals surface area (Å²) in [5.74, 6) is -0.0562. The Labute approximate surface area is 195 Å². The standard InChI is InChI=1S/C26H22F2N4O2/c27-13-15-29-25(33)19-6-9-21(10-7-19)31-26-30-14-12-23(32-26)22-11-8-20(28)16-24(22)34-17-18-4-2-1-3-5-18/h1-12,14,16H,13,15,17H2,(H,29,33)(H,30,31,32). The molecule has 4 aromatic rings. The van der Waals surface area contributed by atoms with Gasteiger partial charge >= 0.3 is 0 Å². The summed E-state index contributed by atoms with van der Waals surface area (Å²) in [4.78, 5) is 20.7. The largest absolute Gasteiger partial charge is 0.488 e. The molecule has 6 nitrogen and oxygen atoms in total. The van der Waals surface area contributed by atoms with E-state index in [1.54, 1.807) is 42.6 Å². The Balaban J connectivity index is 1.51. The maximum Gasteiger partial charge on any atom is 0.251 e. The van der Waals surface area contributed by atoms with Gasteiger partial charge in [-0.25, -0.2) is 18.7 Å². The number of amides is 1. The number of hydrogen-bond acceptors (Lipinski definition) is 5. The molecule has 0 fully saturated rings. The molecule has 172 valence electrons. The van der Waals surface area contributed by atoms with Crippen molar-refractivity contribution in [1.29, 1.82) is 0 Å². The molecule has 0 unspecified atom stereocenters. The number of benzene rings is 3. The molecule has 0 saturated carbocycles. The molecule has 0 saturated heterocycles. The molecular weight excluding hydrogens is 438 g/mol. The van der Waals surface area contributed by atoms with E-state index in [-0.39, 0.29) is 12.5 Å². The third kappa shape index (κ3) is 5.92. The van der Waals surface area contributed by atoms with Gasteiger partial charge in [-0.2, -0.15) is 0 Å². The average Bonchev–Trinajstić information content (AvgIpc) is 2.87. The van der Waals surface area contributed by atoms with E-state index in [2.05, 4.69) is 20.6 Å². The normalized spacial score (nSPS) is 10.5. The van der Waals surface area contributed by atoms with Crippen LogP contribution in [0.1, 0.15) is 15.9 Å². The Bertz CT molecular complexity index is 1250. The van der Waals surface area contributed by atoms with E-state index in [0.717, 1.165) is 5.56 Å². The fraction of sp³-hybridized carbons (Fsp3) is 0.115. The first-order valence-electron chi connectivity index (χ1n) is 10.6. The first-order chi connectivity index (χ1) is 16.6. The number of anilines is 2. The van der Waals surface area contributed by atoms with Gasteiger partial charge in [-0.1, -0.05) is 30.3 Å². The van der Waals surface area contributed by atoms with Crippen LogP contribution in [-0.2, 0) is 6.61 Å². The Morgan fingerprint density at radius 1 is 0.971 bits per heavy atom. The zero-order valence-electron chi connectivity index (χ0n) is 18.2. The minimum Gasteiger partial charge on any atom is -0.488 e. The Hall–Kier alpha value is -4.33. The highest BCUT2D eigenvalue weighted by Crippen LogP contribution is 2.31. The molecular formula is C26H22F2N4O2. The minimum absolute atomic E-state index is 0.0279. The fourth-order valence-electron chi connectivity index (χ4n) is 3.23. The number of aromatic nitrogens is 2. The van der Waals surface area contributed by atoms with Gasteiger partial charge in [0.1, 0.15) is 24.8 Å². The van der Waals surface area contributed by atoms with Crippen molar-refractivity contribution in [1.82, 2.24) is 15.3 Å². The summed E-state index contributed by atoms with van der Waals surface area (Å²) in [6, 6.07) is 22.3. The van der Waals surface area contributed by atoms with Gasteiger partial charge in [0.25, 0.3) is 5.91 Å². The molecule has 0 radical (unpaired) electrons. The van der Waals surface area contributed by atoms with E-state index in [4.69, 9.17) is 4.74 Å². The zero-order chi connectivity index (χ0) is 23.8. The van der Waals surface area contributed by atoms with E-state index in [1.165, 1.54) is 12.1 Å². The highest BCUT2D eigenvalue weighted by Gasteiger charge is 2.12. The summed E-state index contributed by atoms with van der Waals surface area (Å²) < 4.78 is 32.1. The van der Waals surface area contributed by atoms with Crippen molar-refractivity contribution in [2.45, 2.75) is 6.61 Å². The Kier molecular flexibility index (Phi) is 7.39. The number of halogens is 2. The van der Waals surface area contributed by atoms with Gasteiger partial charge in [0.2, 0.25) is 5.95 Å². The molecule has 34 heavy (non-hydrogen) atoms. The van der Waals surface area contributed by atoms with E-state index in [1.807, 2.05) is 30.3 Å². The fourth-order valence-corrected chi connectivity index (χ4v) is 3.23. The summed E-state index contributed by atoms with van der Waals surface area (Å²) in [6.07, 6.45) is 1.59. The molecule has 0 aliphatic carbocycles. The molecule has 1 heterocycles. The van der Waals surface area contributed by atoms with Crippen LogP contribution in [0.5, 0.6) is 5.75 Å². The summed E-state index contributed by atoms with van der Waals surface area (Å²) >= 11 is 0. The molecule has 0 spiro atoms. The lowest BCUT2D eigenvalue weighted by molar-refractivity contribution is 0.0951. The molecule has 0 atom stereocenters. The smallest absolute Gasteiger partial charge is 0.251 e. The molecule has 1 amide bonds. The van der Waals surface area contributed by atoms with Crippen molar-refractivity contribution >= 4 is 17.5 Å². The monoisotopic (exact) mass is 460 g/mol. The number of carbonyl (C=O) groups excluding carboxylic acids is 1. The quantitative estimate of drug-likeness (QED) is 0.354. The Morgan fingerprint density at radius 3 is 2.53 bits per heavy atom. The SMILES string of the molecule is O=C(NCCF)c1ccc(Nc2nccc(-c3ccc(F)cc3OCc3ccccc3)n2)cc1. The molecule has 4 rings (SSSR count). The third-order valence-electron chi connectivity index (χ3n) is 4.90. The van der Waals surface area contributed by atoms with E-state index in [0.29, 0.717) is 40.8 Å². The van der Waals surface area contributed by atoms with Gasteiger partial charge in [0.05, 0.1) is 5.69 Å². The lowest BCUT2D eigenvalue weighted by Crippen LogP contribution is -2.25. The minimum atomic E-state index is -0.619. The van der Waals surface area contributed by atoms with Crippen molar-refractivity contribution < 1.29 is 18.3 Å². The maximum absolute atomic E-state index is 13.9. The summed E-state index contributed by atoms with van der Waals surface area (Å²) in [7, 11) is 0. The van der Waals surface area contributed by atoms with Crippen LogP contribution in [-0.4, -0.2) is 29.1 Å². The summed E-state index contributed by atoms with van der Waals surface area (Å²) in [5, 5.41) is 5.56. The number of nitrogens with one attached hydrogen (secondary N) is 2. The predicted octanol–water partition coefficient (Wildman–Crippen LogP) is 5.30. The molecule has 2 N–H and O–H groups in total. The van der Waals surface area contributed by atoms with Crippen LogP contribution in [0.4, 0.5) is 20.4 Å². The lowest BCUT2D eigenvalue weighted by atomic mass is 10.1. The van der Waals surface area contributed by atoms with Crippen LogP contribution in [0.2, 0.25) is 0 Å². The number of hydrogen-bond donors (Lipinski definition) is 2. The second kappa shape index (κ2) is 11.0. The third-order valence-corrected chi connectivity index (χ3v) is 4.90. The maximum atomic E-state index is 13.9. The van der Waals surface area contributed by atoms with Crippen molar-refractivity contribution in [3.8, 4) is 17.0 Å². The van der Waals surface area contributed by atoms with Gasteiger partial charge in [-0.15, -0.1) is 0 Å². The summed E-state index contributed by atoms with van der Waals surface area (Å²) in [5.41, 5.74) is 3.23. The predicted molar refractivity (Wildman–Crippen MR) is 126 cm³/mol. The lowest BCUT2D eigenvalue weighted by Gasteiger charge is -2.13. The molecule has 0 bridgehead atoms. The number of rotatable bonds is 9. The topological polar surface area (TPSA) is 76.1 Å². The highest BCUT2D eigenvalue weighted by molar-refractivity contribution is 5.94. The van der Waals surface area contributed by atoms with Crippen molar-refractivity contribution in [3.05, 3.63) is 102 Å². The first kappa shape index (κ1) is 22.8. The van der Waals surface area contributed by atoms with Crippen LogP contribution in [0.25, 0.3) is 11.3 Å². The van der Waals surface area contributed by atoms with Gasteiger partial charge in [0.15, 0.2) is 0 Å². The van der Waals surface area contributed by atoms with Crippen LogP contribution < -0.4 is 15.4 Å². The van der Waals surface area contributed by atoms with Crippen molar-refractivity contribution in [2.75, 3.05) is 18.5 Å². The molecule has 8 heteroatoms. The molecule has 1 aromatic heterocycles. The number of ether oxygens (including phenoxy) is 1. The van der Waals surface area contributed by atoms with Gasteiger partial charge < -0.3 is 15.4 Å². The van der Waals surface area contributed by atoms with Crippen LogP contribution in [0.15, 0.2) is 85.1 Å². The second-order valence-electron chi connectivity index (χ2n) is 7.33. The van der Waals surface area contributed by atoms with Gasteiger partial charge in [-0.3, -0.25) is 4.79 Å². The average molecular weight is 460 g/mol.